The molecule has 2 aromatic rings. The predicted octanol–water partition coefficient (Wildman–Crippen LogP) is 3.12. The normalized spacial score (nSPS) is 13.3. The Labute approximate surface area is 143 Å². The molecule has 0 heterocycles. The van der Waals surface area contributed by atoms with E-state index in [-0.39, 0.29) is 12.0 Å². The molecule has 2 rings (SSSR count). The number of aliphatic hydroxyl groups excluding tert-OH is 1. The first kappa shape index (κ1) is 18.2. The van der Waals surface area contributed by atoms with Crippen molar-refractivity contribution in [3.05, 3.63) is 71.3 Å². The molecular formula is C20H25NO3. The SMILES string of the molecule is CCOC(=O)c1ccc(CC(C)NCC(O)c2ccccc2)cc1. The van der Waals surface area contributed by atoms with Gasteiger partial charge in [-0.05, 0) is 43.5 Å². The Hall–Kier alpha value is -2.17. The number of hydrogen-bond donors (Lipinski definition) is 2. The summed E-state index contributed by atoms with van der Waals surface area (Å²) in [6.45, 7) is 4.76. The number of aliphatic hydroxyl groups is 1. The maximum atomic E-state index is 11.6. The lowest BCUT2D eigenvalue weighted by atomic mass is 10.0. The van der Waals surface area contributed by atoms with Gasteiger partial charge in [0, 0.05) is 12.6 Å². The highest BCUT2D eigenvalue weighted by atomic mass is 16.5. The molecule has 2 aromatic carbocycles. The number of benzene rings is 2. The van der Waals surface area contributed by atoms with Crippen LogP contribution in [0.5, 0.6) is 0 Å². The van der Waals surface area contributed by atoms with Crippen LogP contribution in [0.25, 0.3) is 0 Å². The summed E-state index contributed by atoms with van der Waals surface area (Å²) in [5, 5.41) is 13.5. The third-order valence-corrected chi connectivity index (χ3v) is 3.85. The minimum Gasteiger partial charge on any atom is -0.462 e. The zero-order valence-corrected chi connectivity index (χ0v) is 14.2. The highest BCUT2D eigenvalue weighted by molar-refractivity contribution is 5.89. The molecule has 128 valence electrons. The molecule has 0 radical (unpaired) electrons. The van der Waals surface area contributed by atoms with E-state index in [4.69, 9.17) is 4.74 Å². The minimum absolute atomic E-state index is 0.219. The number of carbonyl (C=O) groups is 1. The van der Waals surface area contributed by atoms with Gasteiger partial charge < -0.3 is 15.2 Å². The second-order valence-electron chi connectivity index (χ2n) is 5.86. The summed E-state index contributed by atoms with van der Waals surface area (Å²) in [4.78, 5) is 11.6. The summed E-state index contributed by atoms with van der Waals surface area (Å²) in [7, 11) is 0. The molecule has 2 N–H and O–H groups in total. The Kier molecular flexibility index (Phi) is 6.97. The second-order valence-corrected chi connectivity index (χ2v) is 5.86. The van der Waals surface area contributed by atoms with Gasteiger partial charge in [-0.3, -0.25) is 0 Å². The van der Waals surface area contributed by atoms with E-state index in [0.29, 0.717) is 18.7 Å². The van der Waals surface area contributed by atoms with Crippen molar-refractivity contribution in [3.8, 4) is 0 Å². The smallest absolute Gasteiger partial charge is 0.338 e. The molecule has 0 fully saturated rings. The quantitative estimate of drug-likeness (QED) is 0.732. The van der Waals surface area contributed by atoms with Gasteiger partial charge in [0.2, 0.25) is 0 Å². The average Bonchev–Trinajstić information content (AvgIpc) is 2.61. The fourth-order valence-corrected chi connectivity index (χ4v) is 2.52. The number of rotatable bonds is 8. The molecule has 0 saturated heterocycles. The second kappa shape index (κ2) is 9.21. The van der Waals surface area contributed by atoms with Crippen LogP contribution in [0.1, 0.15) is 41.4 Å². The van der Waals surface area contributed by atoms with Crippen LogP contribution in [0.15, 0.2) is 54.6 Å². The third-order valence-electron chi connectivity index (χ3n) is 3.85. The van der Waals surface area contributed by atoms with Crippen molar-refractivity contribution < 1.29 is 14.6 Å². The van der Waals surface area contributed by atoms with Crippen LogP contribution in [0.3, 0.4) is 0 Å². The van der Waals surface area contributed by atoms with Gasteiger partial charge in [0.15, 0.2) is 0 Å². The molecule has 0 spiro atoms. The van der Waals surface area contributed by atoms with Gasteiger partial charge in [0.25, 0.3) is 0 Å². The molecule has 0 aromatic heterocycles. The monoisotopic (exact) mass is 327 g/mol. The standard InChI is InChI=1S/C20H25NO3/c1-3-24-20(23)18-11-9-16(10-12-18)13-15(2)21-14-19(22)17-7-5-4-6-8-17/h4-12,15,19,21-22H,3,13-14H2,1-2H3. The van der Waals surface area contributed by atoms with Gasteiger partial charge in [0.1, 0.15) is 0 Å². The summed E-state index contributed by atoms with van der Waals surface area (Å²) in [6, 6.07) is 17.3. The summed E-state index contributed by atoms with van der Waals surface area (Å²) >= 11 is 0. The van der Waals surface area contributed by atoms with Crippen molar-refractivity contribution in [1.82, 2.24) is 5.32 Å². The largest absolute Gasteiger partial charge is 0.462 e. The lowest BCUT2D eigenvalue weighted by Crippen LogP contribution is -2.32. The van der Waals surface area contributed by atoms with Crippen molar-refractivity contribution in [2.75, 3.05) is 13.2 Å². The molecule has 0 aliphatic carbocycles. The zero-order chi connectivity index (χ0) is 17.4. The van der Waals surface area contributed by atoms with Gasteiger partial charge in [-0.1, -0.05) is 42.5 Å². The Morgan fingerprint density at radius 3 is 2.42 bits per heavy atom. The predicted molar refractivity (Wildman–Crippen MR) is 95.0 cm³/mol. The topological polar surface area (TPSA) is 58.6 Å². The van der Waals surface area contributed by atoms with Crippen LogP contribution >= 0.6 is 0 Å². The first-order valence-corrected chi connectivity index (χ1v) is 8.32. The van der Waals surface area contributed by atoms with E-state index in [9.17, 15) is 9.90 Å². The lowest BCUT2D eigenvalue weighted by molar-refractivity contribution is 0.0526. The molecule has 0 bridgehead atoms. The number of ether oxygens (including phenoxy) is 1. The van der Waals surface area contributed by atoms with Crippen molar-refractivity contribution >= 4 is 5.97 Å². The van der Waals surface area contributed by atoms with Gasteiger partial charge in [-0.2, -0.15) is 0 Å². The van der Waals surface area contributed by atoms with Crippen LogP contribution in [0, 0.1) is 0 Å². The Bertz CT molecular complexity index is 625. The van der Waals surface area contributed by atoms with Crippen LogP contribution in [-0.2, 0) is 11.2 Å². The van der Waals surface area contributed by atoms with Gasteiger partial charge in [0.05, 0.1) is 18.3 Å². The van der Waals surface area contributed by atoms with E-state index in [0.717, 1.165) is 17.5 Å². The van der Waals surface area contributed by atoms with Crippen LogP contribution in [0.4, 0.5) is 0 Å². The molecule has 4 heteroatoms. The van der Waals surface area contributed by atoms with Crippen LogP contribution in [-0.4, -0.2) is 30.3 Å². The Balaban J connectivity index is 1.81. The Morgan fingerprint density at radius 2 is 1.79 bits per heavy atom. The third kappa shape index (κ3) is 5.48. The lowest BCUT2D eigenvalue weighted by Gasteiger charge is -2.17. The van der Waals surface area contributed by atoms with E-state index >= 15 is 0 Å². The fraction of sp³-hybridized carbons (Fsp3) is 0.350. The van der Waals surface area contributed by atoms with Gasteiger partial charge >= 0.3 is 5.97 Å². The van der Waals surface area contributed by atoms with E-state index in [2.05, 4.69) is 12.2 Å². The fourth-order valence-electron chi connectivity index (χ4n) is 2.52. The molecule has 0 amide bonds. The first-order chi connectivity index (χ1) is 11.6. The number of hydrogen-bond acceptors (Lipinski definition) is 4. The van der Waals surface area contributed by atoms with E-state index in [1.165, 1.54) is 0 Å². The number of carbonyl (C=O) groups excluding carboxylic acids is 1. The molecule has 4 nitrogen and oxygen atoms in total. The Morgan fingerprint density at radius 1 is 1.12 bits per heavy atom. The average molecular weight is 327 g/mol. The highest BCUT2D eigenvalue weighted by Gasteiger charge is 2.10. The maximum absolute atomic E-state index is 11.6. The van der Waals surface area contributed by atoms with E-state index < -0.39 is 6.10 Å². The maximum Gasteiger partial charge on any atom is 0.338 e. The minimum atomic E-state index is -0.514. The van der Waals surface area contributed by atoms with Crippen LogP contribution < -0.4 is 5.32 Å². The molecule has 2 atom stereocenters. The molecule has 0 aliphatic rings. The zero-order valence-electron chi connectivity index (χ0n) is 14.2. The summed E-state index contributed by atoms with van der Waals surface area (Å²) < 4.78 is 4.98. The van der Waals surface area contributed by atoms with E-state index in [1.807, 2.05) is 42.5 Å². The summed E-state index contributed by atoms with van der Waals surface area (Å²) in [5.74, 6) is -0.291. The molecule has 2 unspecified atom stereocenters. The highest BCUT2D eigenvalue weighted by Crippen LogP contribution is 2.12. The number of esters is 1. The summed E-state index contributed by atoms with van der Waals surface area (Å²) in [6.07, 6.45) is 0.310. The van der Waals surface area contributed by atoms with Crippen molar-refractivity contribution in [3.63, 3.8) is 0 Å². The van der Waals surface area contributed by atoms with Crippen molar-refractivity contribution in [2.24, 2.45) is 0 Å². The number of nitrogens with one attached hydrogen (secondary N) is 1. The van der Waals surface area contributed by atoms with Crippen molar-refractivity contribution in [1.29, 1.82) is 0 Å². The van der Waals surface area contributed by atoms with Crippen LogP contribution in [0.2, 0.25) is 0 Å². The summed E-state index contributed by atoms with van der Waals surface area (Å²) in [5.41, 5.74) is 2.62. The first-order valence-electron chi connectivity index (χ1n) is 8.32. The van der Waals surface area contributed by atoms with Crippen molar-refractivity contribution in [2.45, 2.75) is 32.4 Å². The van der Waals surface area contributed by atoms with E-state index in [1.54, 1.807) is 19.1 Å². The molecule has 0 aliphatic heterocycles. The molecular weight excluding hydrogens is 302 g/mol. The van der Waals surface area contributed by atoms with Gasteiger partial charge in [-0.15, -0.1) is 0 Å². The van der Waals surface area contributed by atoms with Gasteiger partial charge in [-0.25, -0.2) is 4.79 Å². The molecule has 0 saturated carbocycles. The molecule has 24 heavy (non-hydrogen) atoms.